The lowest BCUT2D eigenvalue weighted by atomic mass is 9.94. The third-order valence-electron chi connectivity index (χ3n) is 2.18. The van der Waals surface area contributed by atoms with Crippen LogP contribution < -0.4 is 0 Å². The molecule has 1 aromatic carbocycles. The lowest BCUT2D eigenvalue weighted by Crippen LogP contribution is -2.26. The van der Waals surface area contributed by atoms with Crippen LogP contribution in [0.3, 0.4) is 0 Å². The van der Waals surface area contributed by atoms with Gasteiger partial charge in [-0.05, 0) is 39.3 Å². The monoisotopic (exact) mass is 194 g/mol. The van der Waals surface area contributed by atoms with Crippen LogP contribution in [0.5, 0.6) is 0 Å². The van der Waals surface area contributed by atoms with E-state index in [2.05, 4.69) is 0 Å². The highest BCUT2D eigenvalue weighted by molar-refractivity contribution is 6.03. The van der Waals surface area contributed by atoms with Gasteiger partial charge in [0, 0.05) is 5.56 Å². The van der Waals surface area contributed by atoms with Crippen molar-refractivity contribution >= 4 is 5.78 Å². The largest absolute Gasteiger partial charge is 0.291 e. The van der Waals surface area contributed by atoms with Crippen molar-refractivity contribution in [1.82, 2.24) is 0 Å². The molecule has 0 unspecified atom stereocenters. The first kappa shape index (κ1) is 10.9. The summed E-state index contributed by atoms with van der Waals surface area (Å²) >= 11 is 0. The summed E-state index contributed by atoms with van der Waals surface area (Å²) in [7, 11) is 0. The number of carbonyl (C=O) groups is 1. The molecule has 0 amide bonds. The molecule has 0 N–H and O–H groups in total. The molecule has 0 aliphatic heterocycles. The maximum absolute atomic E-state index is 13.4. The predicted octanol–water partition coefficient (Wildman–Crippen LogP) is 3.23. The molecular formula is C12H15FO. The Labute approximate surface area is 83.9 Å². The molecule has 2 heteroatoms. The molecule has 76 valence electrons. The Morgan fingerprint density at radius 3 is 2.36 bits per heavy atom. The zero-order valence-corrected chi connectivity index (χ0v) is 9.02. The summed E-state index contributed by atoms with van der Waals surface area (Å²) in [5.41, 5.74) is 0.491. The molecule has 1 aromatic rings. The van der Waals surface area contributed by atoms with Gasteiger partial charge in [-0.25, -0.2) is 4.39 Å². The van der Waals surface area contributed by atoms with Gasteiger partial charge in [-0.1, -0.05) is 17.7 Å². The van der Waals surface area contributed by atoms with Crippen molar-refractivity contribution in [3.05, 3.63) is 34.9 Å². The molecule has 0 fully saturated rings. The Bertz CT molecular complexity index is 361. The fraction of sp³-hybridized carbons (Fsp3) is 0.417. The molecule has 1 nitrogen and oxygen atoms in total. The number of halogens is 1. The van der Waals surface area contributed by atoms with E-state index in [1.165, 1.54) is 13.8 Å². The van der Waals surface area contributed by atoms with Crippen molar-refractivity contribution in [2.24, 2.45) is 0 Å². The first-order chi connectivity index (χ1) is 6.32. The van der Waals surface area contributed by atoms with Crippen molar-refractivity contribution in [3.63, 3.8) is 0 Å². The fourth-order valence-electron chi connectivity index (χ4n) is 1.30. The average molecular weight is 194 g/mol. The van der Waals surface area contributed by atoms with Gasteiger partial charge in [0.15, 0.2) is 11.5 Å². The van der Waals surface area contributed by atoms with Gasteiger partial charge in [0.2, 0.25) is 0 Å². The minimum atomic E-state index is -1.79. The maximum Gasteiger partial charge on any atom is 0.199 e. The number of aryl methyl sites for hydroxylation is 2. The third-order valence-corrected chi connectivity index (χ3v) is 2.18. The van der Waals surface area contributed by atoms with E-state index < -0.39 is 11.5 Å². The van der Waals surface area contributed by atoms with Crippen LogP contribution in [-0.4, -0.2) is 11.5 Å². The molecular weight excluding hydrogens is 179 g/mol. The molecule has 0 atom stereocenters. The summed E-state index contributed by atoms with van der Waals surface area (Å²) in [4.78, 5) is 11.7. The summed E-state index contributed by atoms with van der Waals surface area (Å²) < 4.78 is 13.4. The molecule has 0 heterocycles. The third kappa shape index (κ3) is 2.19. The van der Waals surface area contributed by atoms with Gasteiger partial charge in [-0.2, -0.15) is 0 Å². The van der Waals surface area contributed by atoms with Gasteiger partial charge in [0.25, 0.3) is 0 Å². The van der Waals surface area contributed by atoms with E-state index in [-0.39, 0.29) is 0 Å². The molecule has 0 aromatic heterocycles. The standard InChI is InChI=1S/C12H15FO/c1-8-5-6-9(2)10(7-8)11(14)12(3,4)13/h5-7H,1-4H3. The molecule has 0 bridgehead atoms. The van der Waals surface area contributed by atoms with Crippen molar-refractivity contribution in [1.29, 1.82) is 0 Å². The van der Waals surface area contributed by atoms with E-state index in [4.69, 9.17) is 0 Å². The minimum Gasteiger partial charge on any atom is -0.291 e. The molecule has 1 rings (SSSR count). The Morgan fingerprint density at radius 1 is 1.29 bits per heavy atom. The second kappa shape index (κ2) is 3.52. The quantitative estimate of drug-likeness (QED) is 0.660. The second-order valence-corrected chi connectivity index (χ2v) is 4.12. The summed E-state index contributed by atoms with van der Waals surface area (Å²) in [6.45, 7) is 6.29. The molecule has 0 spiro atoms. The van der Waals surface area contributed by atoms with Gasteiger partial charge in [-0.15, -0.1) is 0 Å². The SMILES string of the molecule is Cc1ccc(C)c(C(=O)C(C)(C)F)c1. The van der Waals surface area contributed by atoms with Crippen LogP contribution >= 0.6 is 0 Å². The topological polar surface area (TPSA) is 17.1 Å². The number of Topliss-reactive ketones (excluding diaryl/α,β-unsaturated/α-hetero) is 1. The van der Waals surface area contributed by atoms with Gasteiger partial charge in [0.1, 0.15) is 0 Å². The molecule has 0 saturated carbocycles. The minimum absolute atomic E-state index is 0.446. The van der Waals surface area contributed by atoms with Crippen LogP contribution in [0.15, 0.2) is 18.2 Å². The van der Waals surface area contributed by atoms with Crippen LogP contribution in [0, 0.1) is 13.8 Å². The average Bonchev–Trinajstić information content (AvgIpc) is 2.06. The lowest BCUT2D eigenvalue weighted by molar-refractivity contribution is 0.0759. The molecule has 0 aliphatic rings. The van der Waals surface area contributed by atoms with Crippen LogP contribution in [0.25, 0.3) is 0 Å². The second-order valence-electron chi connectivity index (χ2n) is 4.12. The van der Waals surface area contributed by atoms with Gasteiger partial charge in [0.05, 0.1) is 0 Å². The summed E-state index contributed by atoms with van der Waals surface area (Å²) in [5.74, 6) is -0.446. The van der Waals surface area contributed by atoms with Crippen molar-refractivity contribution < 1.29 is 9.18 Å². The van der Waals surface area contributed by atoms with Crippen LogP contribution in [0.4, 0.5) is 4.39 Å². The zero-order valence-electron chi connectivity index (χ0n) is 9.02. The predicted molar refractivity (Wildman–Crippen MR) is 55.4 cm³/mol. The Hall–Kier alpha value is -1.18. The molecule has 0 aliphatic carbocycles. The molecule has 14 heavy (non-hydrogen) atoms. The van der Waals surface area contributed by atoms with E-state index in [1.54, 1.807) is 6.07 Å². The highest BCUT2D eigenvalue weighted by Crippen LogP contribution is 2.20. The highest BCUT2D eigenvalue weighted by atomic mass is 19.1. The van der Waals surface area contributed by atoms with Crippen LogP contribution in [0.1, 0.15) is 35.3 Å². The summed E-state index contributed by atoms with van der Waals surface area (Å²) in [6, 6.07) is 5.49. The van der Waals surface area contributed by atoms with Gasteiger partial charge >= 0.3 is 0 Å². The first-order valence-corrected chi connectivity index (χ1v) is 4.63. The summed E-state index contributed by atoms with van der Waals surface area (Å²) in [5, 5.41) is 0. The van der Waals surface area contributed by atoms with Crippen molar-refractivity contribution in [3.8, 4) is 0 Å². The highest BCUT2D eigenvalue weighted by Gasteiger charge is 2.28. The lowest BCUT2D eigenvalue weighted by Gasteiger charge is -2.14. The van der Waals surface area contributed by atoms with E-state index in [1.807, 2.05) is 26.0 Å². The number of benzene rings is 1. The zero-order chi connectivity index (χ0) is 10.9. The molecule has 0 radical (unpaired) electrons. The van der Waals surface area contributed by atoms with Crippen LogP contribution in [-0.2, 0) is 0 Å². The maximum atomic E-state index is 13.4. The number of alkyl halides is 1. The number of hydrogen-bond acceptors (Lipinski definition) is 1. The van der Waals surface area contributed by atoms with Crippen molar-refractivity contribution in [2.75, 3.05) is 0 Å². The smallest absolute Gasteiger partial charge is 0.199 e. The first-order valence-electron chi connectivity index (χ1n) is 4.63. The van der Waals surface area contributed by atoms with Gasteiger partial charge in [-0.3, -0.25) is 4.79 Å². The van der Waals surface area contributed by atoms with E-state index in [9.17, 15) is 9.18 Å². The number of ketones is 1. The van der Waals surface area contributed by atoms with E-state index in [0.29, 0.717) is 5.56 Å². The fourth-order valence-corrected chi connectivity index (χ4v) is 1.30. The van der Waals surface area contributed by atoms with E-state index >= 15 is 0 Å². The Morgan fingerprint density at radius 2 is 1.86 bits per heavy atom. The van der Waals surface area contributed by atoms with Gasteiger partial charge < -0.3 is 0 Å². The number of hydrogen-bond donors (Lipinski definition) is 0. The summed E-state index contributed by atoms with van der Waals surface area (Å²) in [6.07, 6.45) is 0. The Kier molecular flexibility index (Phi) is 2.74. The Balaban J connectivity index is 3.19. The normalized spacial score (nSPS) is 11.5. The number of carbonyl (C=O) groups excluding carboxylic acids is 1. The van der Waals surface area contributed by atoms with E-state index in [0.717, 1.165) is 11.1 Å². The number of rotatable bonds is 2. The van der Waals surface area contributed by atoms with Crippen LogP contribution in [0.2, 0.25) is 0 Å². The van der Waals surface area contributed by atoms with Crippen molar-refractivity contribution in [2.45, 2.75) is 33.4 Å². The molecule has 0 saturated heterocycles.